The van der Waals surface area contributed by atoms with Crippen molar-refractivity contribution in [3.8, 4) is 0 Å². The Morgan fingerprint density at radius 2 is 1.81 bits per heavy atom. The normalized spacial score (nSPS) is 14.9. The van der Waals surface area contributed by atoms with Gasteiger partial charge in [-0.25, -0.2) is 9.48 Å². The van der Waals surface area contributed by atoms with E-state index in [1.807, 2.05) is 0 Å². The first-order valence-corrected chi connectivity index (χ1v) is 8.51. The monoisotopic (exact) mass is 373 g/mol. The highest BCUT2D eigenvalue weighted by Gasteiger charge is 2.28. The molecule has 1 amide bonds. The lowest BCUT2D eigenvalue weighted by Gasteiger charge is -2.30. The fraction of sp³-hybridized carbons (Fsp3) is 0.389. The van der Waals surface area contributed by atoms with Gasteiger partial charge in [0.15, 0.2) is 5.69 Å². The summed E-state index contributed by atoms with van der Waals surface area (Å²) in [6.45, 7) is 0.381. The Balaban J connectivity index is 1.82. The minimum absolute atomic E-state index is 0.196. The molecule has 0 unspecified atom stereocenters. The van der Waals surface area contributed by atoms with Gasteiger partial charge in [0.25, 0.3) is 5.56 Å². The van der Waals surface area contributed by atoms with Crippen LogP contribution in [0.2, 0.25) is 0 Å². The number of piperidine rings is 1. The van der Waals surface area contributed by atoms with E-state index in [1.54, 1.807) is 17.0 Å². The number of nitrogens with zero attached hydrogens (tertiary/aromatic N) is 3. The summed E-state index contributed by atoms with van der Waals surface area (Å²) in [5.74, 6) is -2.15. The minimum atomic E-state index is -1.27. The van der Waals surface area contributed by atoms with E-state index in [4.69, 9.17) is 4.74 Å². The van der Waals surface area contributed by atoms with E-state index in [1.165, 1.54) is 19.2 Å². The summed E-state index contributed by atoms with van der Waals surface area (Å²) in [6, 6.07) is 6.27. The number of amides is 1. The SMILES string of the molecule is COC(=O)C1CCN(C(=O)Cn2nc(C(=O)O)c3ccccc3c2=O)CC1. The van der Waals surface area contributed by atoms with Crippen LogP contribution in [0.1, 0.15) is 23.3 Å². The summed E-state index contributed by atoms with van der Waals surface area (Å²) < 4.78 is 5.61. The molecule has 1 aromatic carbocycles. The molecule has 1 fully saturated rings. The number of carboxylic acids is 1. The van der Waals surface area contributed by atoms with Crippen molar-refractivity contribution in [2.24, 2.45) is 5.92 Å². The number of hydrogen-bond donors (Lipinski definition) is 1. The van der Waals surface area contributed by atoms with Crippen LogP contribution in [0, 0.1) is 5.92 Å². The van der Waals surface area contributed by atoms with Gasteiger partial charge in [0.2, 0.25) is 5.91 Å². The van der Waals surface area contributed by atoms with Crippen molar-refractivity contribution in [1.29, 1.82) is 0 Å². The highest BCUT2D eigenvalue weighted by molar-refractivity contribution is 6.01. The number of methoxy groups -OCH3 is 1. The van der Waals surface area contributed by atoms with Gasteiger partial charge in [-0.2, -0.15) is 5.10 Å². The molecule has 1 saturated heterocycles. The first kappa shape index (κ1) is 18.6. The van der Waals surface area contributed by atoms with Gasteiger partial charge in [-0.3, -0.25) is 14.4 Å². The van der Waals surface area contributed by atoms with Crippen LogP contribution in [-0.2, 0) is 20.9 Å². The molecule has 9 heteroatoms. The molecule has 2 heterocycles. The molecule has 1 aliphatic heterocycles. The lowest BCUT2D eigenvalue weighted by molar-refractivity contribution is -0.149. The second-order valence-corrected chi connectivity index (χ2v) is 6.34. The fourth-order valence-electron chi connectivity index (χ4n) is 3.26. The number of hydrogen-bond acceptors (Lipinski definition) is 6. The number of ether oxygens (including phenoxy) is 1. The van der Waals surface area contributed by atoms with E-state index in [9.17, 15) is 24.3 Å². The Kier molecular flexibility index (Phi) is 5.20. The summed E-state index contributed by atoms with van der Waals surface area (Å²) in [4.78, 5) is 49.7. The molecule has 0 radical (unpaired) electrons. The topological polar surface area (TPSA) is 119 Å². The van der Waals surface area contributed by atoms with Crippen LogP contribution in [0.3, 0.4) is 0 Å². The van der Waals surface area contributed by atoms with Crippen LogP contribution < -0.4 is 5.56 Å². The second-order valence-electron chi connectivity index (χ2n) is 6.34. The average molecular weight is 373 g/mol. The third kappa shape index (κ3) is 3.67. The van der Waals surface area contributed by atoms with Crippen LogP contribution >= 0.6 is 0 Å². The zero-order valence-corrected chi connectivity index (χ0v) is 14.8. The van der Waals surface area contributed by atoms with Crippen molar-refractivity contribution < 1.29 is 24.2 Å². The van der Waals surface area contributed by atoms with Gasteiger partial charge in [0, 0.05) is 18.5 Å². The van der Waals surface area contributed by atoms with E-state index in [0.29, 0.717) is 25.9 Å². The molecule has 1 aromatic heterocycles. The van der Waals surface area contributed by atoms with E-state index in [-0.39, 0.29) is 40.8 Å². The van der Waals surface area contributed by atoms with Crippen molar-refractivity contribution in [2.45, 2.75) is 19.4 Å². The summed E-state index contributed by atoms with van der Waals surface area (Å²) in [5.41, 5.74) is -0.796. The molecule has 0 atom stereocenters. The van der Waals surface area contributed by atoms with Gasteiger partial charge >= 0.3 is 11.9 Å². The zero-order chi connectivity index (χ0) is 19.6. The Morgan fingerprint density at radius 3 is 2.41 bits per heavy atom. The number of aromatic nitrogens is 2. The number of aromatic carboxylic acids is 1. The number of carbonyl (C=O) groups excluding carboxylic acids is 2. The summed E-state index contributed by atoms with van der Waals surface area (Å²) >= 11 is 0. The maximum atomic E-state index is 12.6. The highest BCUT2D eigenvalue weighted by atomic mass is 16.5. The smallest absolute Gasteiger partial charge is 0.357 e. The van der Waals surface area contributed by atoms with Crippen molar-refractivity contribution >= 4 is 28.6 Å². The summed E-state index contributed by atoms with van der Waals surface area (Å²) in [5, 5.41) is 13.7. The number of rotatable bonds is 4. The largest absolute Gasteiger partial charge is 0.476 e. The van der Waals surface area contributed by atoms with Gasteiger partial charge in [-0.15, -0.1) is 0 Å². The van der Waals surface area contributed by atoms with Crippen molar-refractivity contribution in [1.82, 2.24) is 14.7 Å². The molecule has 1 N–H and O–H groups in total. The Hall–Kier alpha value is -3.23. The third-order valence-electron chi connectivity index (χ3n) is 4.74. The molecule has 1 aliphatic rings. The molecule has 27 heavy (non-hydrogen) atoms. The number of benzene rings is 1. The number of fused-ring (bicyclic) bond motifs is 1. The molecule has 0 spiro atoms. The minimum Gasteiger partial charge on any atom is -0.476 e. The molecule has 0 bridgehead atoms. The lowest BCUT2D eigenvalue weighted by atomic mass is 9.97. The third-order valence-corrected chi connectivity index (χ3v) is 4.74. The fourth-order valence-corrected chi connectivity index (χ4v) is 3.26. The predicted molar refractivity (Wildman–Crippen MR) is 94.3 cm³/mol. The van der Waals surface area contributed by atoms with Crippen molar-refractivity contribution in [3.05, 3.63) is 40.3 Å². The van der Waals surface area contributed by atoms with Gasteiger partial charge in [-0.05, 0) is 18.9 Å². The molecular weight excluding hydrogens is 354 g/mol. The van der Waals surface area contributed by atoms with Crippen LogP contribution in [0.15, 0.2) is 29.1 Å². The Bertz CT molecular complexity index is 959. The van der Waals surface area contributed by atoms with Crippen LogP contribution in [0.25, 0.3) is 10.8 Å². The second kappa shape index (κ2) is 7.56. The van der Waals surface area contributed by atoms with E-state index >= 15 is 0 Å². The average Bonchev–Trinajstić information content (AvgIpc) is 2.69. The summed E-state index contributed by atoms with van der Waals surface area (Å²) in [7, 11) is 1.33. The Morgan fingerprint density at radius 1 is 1.19 bits per heavy atom. The first-order valence-electron chi connectivity index (χ1n) is 8.51. The molecule has 0 aliphatic carbocycles. The van der Waals surface area contributed by atoms with E-state index in [0.717, 1.165) is 4.68 Å². The molecule has 3 rings (SSSR count). The maximum Gasteiger partial charge on any atom is 0.357 e. The van der Waals surface area contributed by atoms with E-state index < -0.39 is 11.5 Å². The summed E-state index contributed by atoms with van der Waals surface area (Å²) in [6.07, 6.45) is 0.970. The van der Waals surface area contributed by atoms with Crippen molar-refractivity contribution in [3.63, 3.8) is 0 Å². The van der Waals surface area contributed by atoms with Gasteiger partial charge < -0.3 is 14.7 Å². The Labute approximate surface area is 154 Å². The number of esters is 1. The lowest BCUT2D eigenvalue weighted by Crippen LogP contribution is -2.43. The van der Waals surface area contributed by atoms with Crippen LogP contribution in [0.4, 0.5) is 0 Å². The van der Waals surface area contributed by atoms with Gasteiger partial charge in [-0.1, -0.05) is 18.2 Å². The van der Waals surface area contributed by atoms with Gasteiger partial charge in [0.05, 0.1) is 18.4 Å². The van der Waals surface area contributed by atoms with E-state index in [2.05, 4.69) is 5.10 Å². The maximum absolute atomic E-state index is 12.6. The molecule has 2 aromatic rings. The van der Waals surface area contributed by atoms with Crippen molar-refractivity contribution in [2.75, 3.05) is 20.2 Å². The molecular formula is C18H19N3O6. The first-order chi connectivity index (χ1) is 12.9. The standard InChI is InChI=1S/C18H19N3O6/c1-27-18(26)11-6-8-20(9-7-11)14(22)10-21-16(23)13-5-3-2-4-12(13)15(19-21)17(24)25/h2-5,11H,6-10H2,1H3,(H,24,25). The van der Waals surface area contributed by atoms with Crippen LogP contribution in [-0.4, -0.2) is 57.8 Å². The predicted octanol–water partition coefficient (Wildman–Crippen LogP) is 0.506. The molecule has 9 nitrogen and oxygen atoms in total. The zero-order valence-electron chi connectivity index (χ0n) is 14.8. The number of likely N-dealkylation sites (tertiary alicyclic amines) is 1. The number of carbonyl (C=O) groups is 3. The quantitative estimate of drug-likeness (QED) is 0.776. The molecule has 0 saturated carbocycles. The van der Waals surface area contributed by atoms with Gasteiger partial charge in [0.1, 0.15) is 6.54 Å². The van der Waals surface area contributed by atoms with Crippen LogP contribution in [0.5, 0.6) is 0 Å². The molecule has 142 valence electrons. The highest BCUT2D eigenvalue weighted by Crippen LogP contribution is 2.19. The number of carboxylic acid groups (broad SMARTS) is 1.